The highest BCUT2D eigenvalue weighted by atomic mass is 35.5. The summed E-state index contributed by atoms with van der Waals surface area (Å²) >= 11 is 5.69. The molecule has 6 heteroatoms. The maximum atomic E-state index is 12.7. The third-order valence-corrected chi connectivity index (χ3v) is 2.04. The monoisotopic (exact) mass is 239 g/mol. The molecule has 0 unspecified atom stereocenters. The average Bonchev–Trinajstić information content (AvgIpc) is 2.29. The fourth-order valence-electron chi connectivity index (χ4n) is 1.15. The molecule has 0 spiro atoms. The Balaban J connectivity index is 2.47. The molecule has 0 saturated heterocycles. The van der Waals surface area contributed by atoms with Crippen molar-refractivity contribution in [3.8, 4) is 17.4 Å². The highest BCUT2D eigenvalue weighted by Crippen LogP contribution is 2.18. The van der Waals surface area contributed by atoms with Gasteiger partial charge in [0, 0.05) is 5.56 Å². The number of benzene rings is 1. The molecule has 0 N–H and O–H groups in total. The molecule has 1 heterocycles. The van der Waals surface area contributed by atoms with Crippen LogP contribution in [0.5, 0.6) is 6.01 Å². The van der Waals surface area contributed by atoms with Crippen LogP contribution in [0.4, 0.5) is 4.39 Å². The first kappa shape index (κ1) is 10.8. The summed E-state index contributed by atoms with van der Waals surface area (Å²) in [6.07, 6.45) is 0. The number of rotatable bonds is 2. The van der Waals surface area contributed by atoms with Crippen molar-refractivity contribution >= 4 is 11.6 Å². The largest absolute Gasteiger partial charge is 0.467 e. The molecule has 0 fully saturated rings. The minimum Gasteiger partial charge on any atom is -0.467 e. The third-order valence-electron chi connectivity index (χ3n) is 1.87. The minimum absolute atomic E-state index is 0.0335. The van der Waals surface area contributed by atoms with Gasteiger partial charge in [0.2, 0.25) is 5.28 Å². The predicted octanol–water partition coefficient (Wildman–Crippen LogP) is 2.34. The van der Waals surface area contributed by atoms with E-state index in [-0.39, 0.29) is 17.1 Å². The maximum absolute atomic E-state index is 12.7. The summed E-state index contributed by atoms with van der Waals surface area (Å²) in [4.78, 5) is 11.7. The summed E-state index contributed by atoms with van der Waals surface area (Å²) < 4.78 is 17.6. The van der Waals surface area contributed by atoms with Crippen LogP contribution in [0.25, 0.3) is 11.4 Å². The first-order valence-corrected chi connectivity index (χ1v) is 4.78. The van der Waals surface area contributed by atoms with Crippen molar-refractivity contribution in [2.75, 3.05) is 7.11 Å². The molecule has 4 nitrogen and oxygen atoms in total. The van der Waals surface area contributed by atoms with Crippen molar-refractivity contribution in [1.82, 2.24) is 15.0 Å². The Kier molecular flexibility index (Phi) is 2.96. The Labute approximate surface area is 96.1 Å². The summed E-state index contributed by atoms with van der Waals surface area (Å²) in [5, 5.41) is 0.0335. The van der Waals surface area contributed by atoms with Gasteiger partial charge < -0.3 is 4.74 Å². The van der Waals surface area contributed by atoms with Crippen molar-refractivity contribution in [2.24, 2.45) is 0 Å². The van der Waals surface area contributed by atoms with Gasteiger partial charge in [-0.3, -0.25) is 0 Å². The van der Waals surface area contributed by atoms with Crippen LogP contribution in [-0.4, -0.2) is 22.1 Å². The van der Waals surface area contributed by atoms with E-state index in [0.29, 0.717) is 11.4 Å². The minimum atomic E-state index is -0.323. The fourth-order valence-corrected chi connectivity index (χ4v) is 1.30. The Hall–Kier alpha value is -1.75. The SMILES string of the molecule is COc1nc(Cl)nc(-c2ccc(F)cc2)n1. The molecule has 0 saturated carbocycles. The van der Waals surface area contributed by atoms with Gasteiger partial charge in [0.25, 0.3) is 0 Å². The Morgan fingerprint density at radius 3 is 2.44 bits per heavy atom. The molecule has 2 rings (SSSR count). The molecule has 0 atom stereocenters. The number of halogens is 2. The van der Waals surface area contributed by atoms with E-state index in [0.717, 1.165) is 0 Å². The molecule has 0 radical (unpaired) electrons. The van der Waals surface area contributed by atoms with Gasteiger partial charge in [0.05, 0.1) is 7.11 Å². The van der Waals surface area contributed by atoms with E-state index in [1.54, 1.807) is 12.1 Å². The van der Waals surface area contributed by atoms with E-state index in [1.165, 1.54) is 19.2 Å². The number of methoxy groups -OCH3 is 1. The van der Waals surface area contributed by atoms with Crippen LogP contribution in [0.3, 0.4) is 0 Å². The first-order valence-electron chi connectivity index (χ1n) is 4.40. The molecule has 82 valence electrons. The molecule has 2 aromatic rings. The standard InChI is InChI=1S/C10H7ClFN3O/c1-16-10-14-8(13-9(11)15-10)6-2-4-7(12)5-3-6/h2-5H,1H3. The molecule has 0 aliphatic carbocycles. The van der Waals surface area contributed by atoms with Gasteiger partial charge in [-0.2, -0.15) is 15.0 Å². The van der Waals surface area contributed by atoms with E-state index >= 15 is 0 Å². The van der Waals surface area contributed by atoms with Crippen LogP contribution in [0.2, 0.25) is 5.28 Å². The molecular weight excluding hydrogens is 233 g/mol. The van der Waals surface area contributed by atoms with E-state index in [9.17, 15) is 4.39 Å². The van der Waals surface area contributed by atoms with Gasteiger partial charge >= 0.3 is 6.01 Å². The average molecular weight is 240 g/mol. The zero-order valence-corrected chi connectivity index (χ0v) is 9.07. The summed E-state index contributed by atoms with van der Waals surface area (Å²) in [7, 11) is 1.43. The number of nitrogens with zero attached hydrogens (tertiary/aromatic N) is 3. The van der Waals surface area contributed by atoms with E-state index in [2.05, 4.69) is 15.0 Å². The number of hydrogen-bond donors (Lipinski definition) is 0. The van der Waals surface area contributed by atoms with Crippen LogP contribution >= 0.6 is 11.6 Å². The maximum Gasteiger partial charge on any atom is 0.321 e. The van der Waals surface area contributed by atoms with E-state index in [1.807, 2.05) is 0 Å². The van der Waals surface area contributed by atoms with Crippen molar-refractivity contribution in [2.45, 2.75) is 0 Å². The number of ether oxygens (including phenoxy) is 1. The van der Waals surface area contributed by atoms with Gasteiger partial charge in [0.1, 0.15) is 5.82 Å². The summed E-state index contributed by atoms with van der Waals surface area (Å²) in [5.74, 6) is 0.0210. The van der Waals surface area contributed by atoms with Crippen LogP contribution in [0, 0.1) is 5.82 Å². The van der Waals surface area contributed by atoms with Crippen molar-refractivity contribution in [3.63, 3.8) is 0 Å². The number of aromatic nitrogens is 3. The fraction of sp³-hybridized carbons (Fsp3) is 0.100. The van der Waals surface area contributed by atoms with E-state index < -0.39 is 0 Å². The molecule has 0 aliphatic rings. The highest BCUT2D eigenvalue weighted by Gasteiger charge is 2.07. The molecule has 0 aliphatic heterocycles. The summed E-state index contributed by atoms with van der Waals surface area (Å²) in [6.45, 7) is 0. The first-order chi connectivity index (χ1) is 7.69. The third kappa shape index (κ3) is 2.25. The lowest BCUT2D eigenvalue weighted by molar-refractivity contribution is 0.379. The Morgan fingerprint density at radius 1 is 1.12 bits per heavy atom. The predicted molar refractivity (Wildman–Crippen MR) is 56.8 cm³/mol. The van der Waals surface area contributed by atoms with Crippen LogP contribution in [0.15, 0.2) is 24.3 Å². The van der Waals surface area contributed by atoms with Gasteiger partial charge in [0.15, 0.2) is 5.82 Å². The van der Waals surface area contributed by atoms with Crippen molar-refractivity contribution in [1.29, 1.82) is 0 Å². The topological polar surface area (TPSA) is 47.9 Å². The van der Waals surface area contributed by atoms with Gasteiger partial charge in [-0.1, -0.05) is 0 Å². The molecule has 1 aromatic heterocycles. The van der Waals surface area contributed by atoms with Crippen LogP contribution < -0.4 is 4.74 Å². The van der Waals surface area contributed by atoms with Crippen LogP contribution in [-0.2, 0) is 0 Å². The summed E-state index contributed by atoms with van der Waals surface area (Å²) in [5.41, 5.74) is 0.643. The van der Waals surface area contributed by atoms with E-state index in [4.69, 9.17) is 16.3 Å². The quantitative estimate of drug-likeness (QED) is 0.807. The molecule has 16 heavy (non-hydrogen) atoms. The molecule has 0 amide bonds. The lowest BCUT2D eigenvalue weighted by Crippen LogP contribution is -1.97. The second kappa shape index (κ2) is 4.40. The van der Waals surface area contributed by atoms with Crippen LogP contribution in [0.1, 0.15) is 0 Å². The highest BCUT2D eigenvalue weighted by molar-refractivity contribution is 6.28. The van der Waals surface area contributed by atoms with Gasteiger partial charge in [-0.25, -0.2) is 4.39 Å². The van der Waals surface area contributed by atoms with Crippen molar-refractivity contribution < 1.29 is 9.13 Å². The smallest absolute Gasteiger partial charge is 0.321 e. The molecule has 1 aromatic carbocycles. The normalized spacial score (nSPS) is 10.2. The summed E-state index contributed by atoms with van der Waals surface area (Å²) in [6, 6.07) is 5.87. The Morgan fingerprint density at radius 2 is 1.81 bits per heavy atom. The Bertz CT molecular complexity index is 504. The van der Waals surface area contributed by atoms with Gasteiger partial charge in [-0.15, -0.1) is 0 Å². The zero-order valence-electron chi connectivity index (χ0n) is 8.32. The van der Waals surface area contributed by atoms with Crippen molar-refractivity contribution in [3.05, 3.63) is 35.4 Å². The van der Waals surface area contributed by atoms with Gasteiger partial charge in [-0.05, 0) is 35.9 Å². The second-order valence-corrected chi connectivity index (χ2v) is 3.26. The molecule has 0 bridgehead atoms. The second-order valence-electron chi connectivity index (χ2n) is 2.92. The zero-order chi connectivity index (χ0) is 11.5. The number of hydrogen-bond acceptors (Lipinski definition) is 4. The lowest BCUT2D eigenvalue weighted by Gasteiger charge is -2.02. The lowest BCUT2D eigenvalue weighted by atomic mass is 10.2. The molecular formula is C10H7ClFN3O.